The molecular weight excluding hydrogens is 314 g/mol. The first-order chi connectivity index (χ1) is 9.61. The fraction of sp³-hybridized carbons (Fsp3) is 0.647. The summed E-state index contributed by atoms with van der Waals surface area (Å²) in [5, 5.41) is 3.51. The molecule has 0 heterocycles. The Balaban J connectivity index is 2.45. The van der Waals surface area contributed by atoms with E-state index in [0.29, 0.717) is 5.92 Å². The van der Waals surface area contributed by atoms with Crippen molar-refractivity contribution in [3.63, 3.8) is 0 Å². The fourth-order valence-corrected chi connectivity index (χ4v) is 2.54. The maximum absolute atomic E-state index is 5.09. The summed E-state index contributed by atoms with van der Waals surface area (Å²) < 4.78 is 6.24. The molecule has 0 aliphatic carbocycles. The highest BCUT2D eigenvalue weighted by Gasteiger charge is 2.10. The lowest BCUT2D eigenvalue weighted by Crippen LogP contribution is -2.27. The topological polar surface area (TPSA) is 21.3 Å². The van der Waals surface area contributed by atoms with Crippen LogP contribution in [0.3, 0.4) is 0 Å². The zero-order valence-electron chi connectivity index (χ0n) is 13.0. The molecule has 1 unspecified atom stereocenters. The Morgan fingerprint density at radius 1 is 1.15 bits per heavy atom. The second-order valence-electron chi connectivity index (χ2n) is 5.86. The average molecular weight is 342 g/mol. The molecule has 20 heavy (non-hydrogen) atoms. The Hall–Kier alpha value is -0.380. The van der Waals surface area contributed by atoms with E-state index in [1.807, 2.05) is 0 Å². The lowest BCUT2D eigenvalue weighted by molar-refractivity contribution is 0.197. The van der Waals surface area contributed by atoms with Gasteiger partial charge in [0.15, 0.2) is 0 Å². The molecule has 0 radical (unpaired) electrons. The monoisotopic (exact) mass is 341 g/mol. The van der Waals surface area contributed by atoms with Crippen molar-refractivity contribution in [2.75, 3.05) is 26.8 Å². The Morgan fingerprint density at radius 2 is 1.85 bits per heavy atom. The molecule has 2 nitrogen and oxygen atoms in total. The van der Waals surface area contributed by atoms with E-state index in [0.717, 1.165) is 36.5 Å². The number of benzene rings is 1. The number of halogens is 1. The highest BCUT2D eigenvalue weighted by atomic mass is 79.9. The minimum absolute atomic E-state index is 0.704. The van der Waals surface area contributed by atoms with Crippen molar-refractivity contribution < 1.29 is 4.74 Å². The van der Waals surface area contributed by atoms with Crippen LogP contribution in [0.1, 0.15) is 32.3 Å². The number of hydrogen-bond acceptors (Lipinski definition) is 2. The minimum Gasteiger partial charge on any atom is -0.383 e. The Bertz CT molecular complexity index is 351. The van der Waals surface area contributed by atoms with Crippen LogP contribution < -0.4 is 5.32 Å². The summed E-state index contributed by atoms with van der Waals surface area (Å²) >= 11 is 3.49. The second kappa shape index (κ2) is 10.4. The fourth-order valence-electron chi connectivity index (χ4n) is 2.28. The van der Waals surface area contributed by atoms with Crippen molar-refractivity contribution in [1.82, 2.24) is 5.32 Å². The number of rotatable bonds is 10. The van der Waals surface area contributed by atoms with Crippen molar-refractivity contribution in [2.45, 2.75) is 33.1 Å². The van der Waals surface area contributed by atoms with Gasteiger partial charge < -0.3 is 10.1 Å². The van der Waals surface area contributed by atoms with E-state index < -0.39 is 0 Å². The normalized spacial score (nSPS) is 12.8. The molecule has 1 N–H and O–H groups in total. The van der Waals surface area contributed by atoms with Crippen LogP contribution in [0.15, 0.2) is 28.7 Å². The van der Waals surface area contributed by atoms with Crippen LogP contribution in [0.25, 0.3) is 0 Å². The maximum Gasteiger partial charge on any atom is 0.0587 e. The molecule has 0 amide bonds. The van der Waals surface area contributed by atoms with E-state index in [2.05, 4.69) is 59.4 Å². The third-order valence-electron chi connectivity index (χ3n) is 3.51. The van der Waals surface area contributed by atoms with E-state index in [9.17, 15) is 0 Å². The molecule has 0 bridgehead atoms. The lowest BCUT2D eigenvalue weighted by atomic mass is 9.92. The quantitative estimate of drug-likeness (QED) is 0.641. The van der Waals surface area contributed by atoms with E-state index in [1.54, 1.807) is 7.11 Å². The van der Waals surface area contributed by atoms with Gasteiger partial charge in [0.25, 0.3) is 0 Å². The molecule has 1 rings (SSSR count). The maximum atomic E-state index is 5.09. The van der Waals surface area contributed by atoms with Gasteiger partial charge in [-0.05, 0) is 48.9 Å². The zero-order valence-corrected chi connectivity index (χ0v) is 14.6. The van der Waals surface area contributed by atoms with Crippen LogP contribution in [0, 0.1) is 11.8 Å². The molecule has 0 aromatic heterocycles. The summed E-state index contributed by atoms with van der Waals surface area (Å²) in [4.78, 5) is 0. The van der Waals surface area contributed by atoms with Crippen molar-refractivity contribution in [1.29, 1.82) is 0 Å². The van der Waals surface area contributed by atoms with Gasteiger partial charge in [0, 0.05) is 18.1 Å². The number of nitrogens with one attached hydrogen (secondary N) is 1. The van der Waals surface area contributed by atoms with Crippen LogP contribution in [0.5, 0.6) is 0 Å². The van der Waals surface area contributed by atoms with Crippen LogP contribution in [-0.4, -0.2) is 26.8 Å². The molecule has 1 atom stereocenters. The van der Waals surface area contributed by atoms with E-state index in [1.165, 1.54) is 18.4 Å². The molecule has 3 heteroatoms. The Labute approximate surface area is 132 Å². The van der Waals surface area contributed by atoms with Crippen LogP contribution in [0.4, 0.5) is 0 Å². The predicted octanol–water partition coefficient (Wildman–Crippen LogP) is 4.28. The van der Waals surface area contributed by atoms with Crippen molar-refractivity contribution >= 4 is 15.9 Å². The zero-order chi connectivity index (χ0) is 14.8. The van der Waals surface area contributed by atoms with Gasteiger partial charge in [-0.15, -0.1) is 0 Å². The Morgan fingerprint density at radius 3 is 2.45 bits per heavy atom. The standard InChI is InChI=1S/C17H28BrNO/c1-14(2)4-5-16(13-19-10-11-20-3)12-15-6-8-17(18)9-7-15/h6-9,14,16,19H,4-5,10-13H2,1-3H3. The van der Waals surface area contributed by atoms with Gasteiger partial charge in [-0.25, -0.2) is 0 Å². The molecule has 0 saturated carbocycles. The first-order valence-electron chi connectivity index (χ1n) is 7.56. The van der Waals surface area contributed by atoms with Gasteiger partial charge in [0.05, 0.1) is 6.61 Å². The third-order valence-corrected chi connectivity index (χ3v) is 4.03. The van der Waals surface area contributed by atoms with Crippen LogP contribution in [-0.2, 0) is 11.2 Å². The van der Waals surface area contributed by atoms with Crippen LogP contribution in [0.2, 0.25) is 0 Å². The smallest absolute Gasteiger partial charge is 0.0587 e. The van der Waals surface area contributed by atoms with Gasteiger partial charge in [0.2, 0.25) is 0 Å². The summed E-state index contributed by atoms with van der Waals surface area (Å²) in [6.07, 6.45) is 3.74. The molecule has 1 aromatic carbocycles. The van der Waals surface area contributed by atoms with Gasteiger partial charge >= 0.3 is 0 Å². The number of ether oxygens (including phenoxy) is 1. The summed E-state index contributed by atoms with van der Waals surface area (Å²) in [6.45, 7) is 7.40. The number of methoxy groups -OCH3 is 1. The molecule has 0 aliphatic heterocycles. The molecular formula is C17H28BrNO. The largest absolute Gasteiger partial charge is 0.383 e. The summed E-state index contributed by atoms with van der Waals surface area (Å²) in [5.41, 5.74) is 1.43. The molecule has 114 valence electrons. The minimum atomic E-state index is 0.704. The highest BCUT2D eigenvalue weighted by Crippen LogP contribution is 2.18. The first kappa shape index (κ1) is 17.7. The van der Waals surface area contributed by atoms with E-state index >= 15 is 0 Å². The SMILES string of the molecule is COCCNCC(CCC(C)C)Cc1ccc(Br)cc1. The lowest BCUT2D eigenvalue weighted by Gasteiger charge is -2.19. The second-order valence-corrected chi connectivity index (χ2v) is 6.78. The van der Waals surface area contributed by atoms with Crippen molar-refractivity contribution in [2.24, 2.45) is 11.8 Å². The molecule has 0 aliphatic rings. The summed E-state index contributed by atoms with van der Waals surface area (Å²) in [7, 11) is 1.75. The van der Waals surface area contributed by atoms with E-state index in [-0.39, 0.29) is 0 Å². The summed E-state index contributed by atoms with van der Waals surface area (Å²) in [6, 6.07) is 8.71. The van der Waals surface area contributed by atoms with E-state index in [4.69, 9.17) is 4.74 Å². The van der Waals surface area contributed by atoms with Gasteiger partial charge in [0.1, 0.15) is 0 Å². The van der Waals surface area contributed by atoms with Gasteiger partial charge in [-0.3, -0.25) is 0 Å². The first-order valence-corrected chi connectivity index (χ1v) is 8.35. The third kappa shape index (κ3) is 8.03. The Kier molecular flexibility index (Phi) is 9.16. The summed E-state index contributed by atoms with van der Waals surface area (Å²) in [5.74, 6) is 1.48. The molecule has 0 spiro atoms. The highest BCUT2D eigenvalue weighted by molar-refractivity contribution is 9.10. The molecule has 0 saturated heterocycles. The van der Waals surface area contributed by atoms with Gasteiger partial charge in [-0.1, -0.05) is 48.3 Å². The molecule has 1 aromatic rings. The average Bonchev–Trinajstić information content (AvgIpc) is 2.43. The predicted molar refractivity (Wildman–Crippen MR) is 90.2 cm³/mol. The van der Waals surface area contributed by atoms with Crippen molar-refractivity contribution in [3.05, 3.63) is 34.3 Å². The van der Waals surface area contributed by atoms with Crippen LogP contribution >= 0.6 is 15.9 Å². The molecule has 0 fully saturated rings. The van der Waals surface area contributed by atoms with Gasteiger partial charge in [-0.2, -0.15) is 0 Å². The van der Waals surface area contributed by atoms with Crippen molar-refractivity contribution in [3.8, 4) is 0 Å². The number of hydrogen-bond donors (Lipinski definition) is 1.